The molecule has 1 aliphatic carbocycles. The summed E-state index contributed by atoms with van der Waals surface area (Å²) in [6.07, 6.45) is 6.62. The van der Waals surface area contributed by atoms with Crippen LogP contribution in [-0.4, -0.2) is 49.6 Å². The molecule has 4 nitrogen and oxygen atoms in total. The topological polar surface area (TPSA) is 44.4 Å². The van der Waals surface area contributed by atoms with Gasteiger partial charge in [-0.1, -0.05) is 19.3 Å². The average Bonchev–Trinajstić information content (AvgIpc) is 2.40. The molecule has 2 rings (SSSR count). The molecule has 0 spiro atoms. The Kier molecular flexibility index (Phi) is 5.45. The van der Waals surface area contributed by atoms with Gasteiger partial charge in [0.1, 0.15) is 0 Å². The van der Waals surface area contributed by atoms with E-state index in [1.165, 1.54) is 32.1 Å². The number of hydrogen-bond acceptors (Lipinski definition) is 3. The van der Waals surface area contributed by atoms with Gasteiger partial charge < -0.3 is 10.6 Å². The van der Waals surface area contributed by atoms with Crippen LogP contribution in [0.4, 0.5) is 0 Å². The molecule has 1 saturated heterocycles. The van der Waals surface area contributed by atoms with Crippen LogP contribution >= 0.6 is 0 Å². The zero-order valence-corrected chi connectivity index (χ0v) is 11.6. The van der Waals surface area contributed by atoms with E-state index in [9.17, 15) is 4.79 Å². The van der Waals surface area contributed by atoms with E-state index in [0.717, 1.165) is 26.2 Å². The standard InChI is InChI=1S/C14H27N3O/c1-12(13-5-3-2-4-6-13)16-14(18)11-17-9-7-15-8-10-17/h12-13,15H,2-11H2,1H3,(H,16,18)/t12-/m0/s1. The number of nitrogens with zero attached hydrogens (tertiary/aromatic N) is 1. The highest BCUT2D eigenvalue weighted by Crippen LogP contribution is 2.26. The molecular formula is C14H27N3O. The lowest BCUT2D eigenvalue weighted by atomic mass is 9.84. The van der Waals surface area contributed by atoms with Crippen LogP contribution in [0.1, 0.15) is 39.0 Å². The molecule has 2 N–H and O–H groups in total. The molecule has 0 unspecified atom stereocenters. The maximum absolute atomic E-state index is 12.0. The molecule has 0 bridgehead atoms. The fourth-order valence-corrected chi connectivity index (χ4v) is 3.12. The summed E-state index contributed by atoms with van der Waals surface area (Å²) >= 11 is 0. The summed E-state index contributed by atoms with van der Waals surface area (Å²) < 4.78 is 0. The lowest BCUT2D eigenvalue weighted by Crippen LogP contribution is -2.49. The van der Waals surface area contributed by atoms with Gasteiger partial charge in [0.2, 0.25) is 5.91 Å². The Hall–Kier alpha value is -0.610. The first-order valence-electron chi connectivity index (χ1n) is 7.48. The summed E-state index contributed by atoms with van der Waals surface area (Å²) in [7, 11) is 0. The highest BCUT2D eigenvalue weighted by Gasteiger charge is 2.22. The second-order valence-corrected chi connectivity index (χ2v) is 5.78. The number of hydrogen-bond donors (Lipinski definition) is 2. The molecule has 1 heterocycles. The van der Waals surface area contributed by atoms with Crippen molar-refractivity contribution >= 4 is 5.91 Å². The van der Waals surface area contributed by atoms with Crippen molar-refractivity contribution in [2.24, 2.45) is 5.92 Å². The third kappa shape index (κ3) is 4.25. The van der Waals surface area contributed by atoms with Crippen LogP contribution in [0.15, 0.2) is 0 Å². The Morgan fingerprint density at radius 3 is 2.61 bits per heavy atom. The van der Waals surface area contributed by atoms with Crippen molar-refractivity contribution in [3.8, 4) is 0 Å². The van der Waals surface area contributed by atoms with Crippen LogP contribution in [0, 0.1) is 5.92 Å². The van der Waals surface area contributed by atoms with Gasteiger partial charge in [-0.05, 0) is 25.7 Å². The monoisotopic (exact) mass is 253 g/mol. The molecule has 0 aromatic rings. The molecule has 0 radical (unpaired) electrons. The number of amides is 1. The smallest absolute Gasteiger partial charge is 0.234 e. The first-order valence-corrected chi connectivity index (χ1v) is 7.48. The van der Waals surface area contributed by atoms with Crippen molar-refractivity contribution in [1.29, 1.82) is 0 Å². The Morgan fingerprint density at radius 1 is 1.28 bits per heavy atom. The molecule has 0 aromatic heterocycles. The molecule has 1 amide bonds. The first-order chi connectivity index (χ1) is 8.75. The first kappa shape index (κ1) is 13.8. The van der Waals surface area contributed by atoms with Crippen LogP contribution in [0.3, 0.4) is 0 Å². The lowest BCUT2D eigenvalue weighted by Gasteiger charge is -2.30. The van der Waals surface area contributed by atoms with Crippen LogP contribution < -0.4 is 10.6 Å². The number of carbonyl (C=O) groups excluding carboxylic acids is 1. The van der Waals surface area contributed by atoms with Gasteiger partial charge in [0.15, 0.2) is 0 Å². The summed E-state index contributed by atoms with van der Waals surface area (Å²) in [4.78, 5) is 14.2. The Bertz CT molecular complexity index is 258. The van der Waals surface area contributed by atoms with E-state index in [2.05, 4.69) is 22.5 Å². The van der Waals surface area contributed by atoms with Crippen LogP contribution in [0.5, 0.6) is 0 Å². The normalized spacial score (nSPS) is 24.7. The van der Waals surface area contributed by atoms with E-state index in [1.807, 2.05) is 0 Å². The van der Waals surface area contributed by atoms with E-state index < -0.39 is 0 Å². The van der Waals surface area contributed by atoms with Crippen LogP contribution in [-0.2, 0) is 4.79 Å². The summed E-state index contributed by atoms with van der Waals surface area (Å²) in [5.74, 6) is 0.903. The molecule has 4 heteroatoms. The van der Waals surface area contributed by atoms with Gasteiger partial charge in [-0.15, -0.1) is 0 Å². The number of rotatable bonds is 4. The molecule has 1 atom stereocenters. The highest BCUT2D eigenvalue weighted by atomic mass is 16.2. The largest absolute Gasteiger partial charge is 0.352 e. The number of carbonyl (C=O) groups is 1. The highest BCUT2D eigenvalue weighted by molar-refractivity contribution is 5.78. The van der Waals surface area contributed by atoms with Gasteiger partial charge in [-0.3, -0.25) is 9.69 Å². The molecular weight excluding hydrogens is 226 g/mol. The lowest BCUT2D eigenvalue weighted by molar-refractivity contribution is -0.123. The molecule has 1 aliphatic heterocycles. The number of nitrogens with one attached hydrogen (secondary N) is 2. The molecule has 2 aliphatic rings. The van der Waals surface area contributed by atoms with Crippen LogP contribution in [0.25, 0.3) is 0 Å². The SMILES string of the molecule is C[C@H](NC(=O)CN1CCNCC1)C1CCCCC1. The summed E-state index contributed by atoms with van der Waals surface area (Å²) in [5.41, 5.74) is 0. The van der Waals surface area contributed by atoms with Gasteiger partial charge in [0.25, 0.3) is 0 Å². The summed E-state index contributed by atoms with van der Waals surface area (Å²) in [6, 6.07) is 0.348. The fourth-order valence-electron chi connectivity index (χ4n) is 3.12. The third-order valence-electron chi connectivity index (χ3n) is 4.32. The molecule has 1 saturated carbocycles. The molecule has 18 heavy (non-hydrogen) atoms. The predicted octanol–water partition coefficient (Wildman–Crippen LogP) is 0.977. The van der Waals surface area contributed by atoms with Crippen LogP contribution in [0.2, 0.25) is 0 Å². The quantitative estimate of drug-likeness (QED) is 0.785. The van der Waals surface area contributed by atoms with E-state index in [-0.39, 0.29) is 5.91 Å². The second-order valence-electron chi connectivity index (χ2n) is 5.78. The van der Waals surface area contributed by atoms with Gasteiger partial charge >= 0.3 is 0 Å². The zero-order valence-electron chi connectivity index (χ0n) is 11.6. The molecule has 104 valence electrons. The van der Waals surface area contributed by atoms with Gasteiger partial charge in [0.05, 0.1) is 6.54 Å². The maximum Gasteiger partial charge on any atom is 0.234 e. The second kappa shape index (κ2) is 7.10. The van der Waals surface area contributed by atoms with Crippen molar-refractivity contribution in [2.45, 2.75) is 45.1 Å². The Morgan fingerprint density at radius 2 is 1.94 bits per heavy atom. The fraction of sp³-hybridized carbons (Fsp3) is 0.929. The van der Waals surface area contributed by atoms with Crippen molar-refractivity contribution in [2.75, 3.05) is 32.7 Å². The van der Waals surface area contributed by atoms with Gasteiger partial charge in [-0.2, -0.15) is 0 Å². The van der Waals surface area contributed by atoms with E-state index in [0.29, 0.717) is 18.5 Å². The minimum atomic E-state index is 0.204. The van der Waals surface area contributed by atoms with Gasteiger partial charge in [0, 0.05) is 32.2 Å². The summed E-state index contributed by atoms with van der Waals surface area (Å²) in [6.45, 7) is 6.73. The average molecular weight is 253 g/mol. The molecule has 2 fully saturated rings. The number of piperazine rings is 1. The molecule has 0 aromatic carbocycles. The van der Waals surface area contributed by atoms with Crippen molar-refractivity contribution in [1.82, 2.24) is 15.5 Å². The maximum atomic E-state index is 12.0. The van der Waals surface area contributed by atoms with Gasteiger partial charge in [-0.25, -0.2) is 0 Å². The third-order valence-corrected chi connectivity index (χ3v) is 4.32. The predicted molar refractivity (Wildman–Crippen MR) is 73.5 cm³/mol. The van der Waals surface area contributed by atoms with Crippen molar-refractivity contribution < 1.29 is 4.79 Å². The zero-order chi connectivity index (χ0) is 12.8. The van der Waals surface area contributed by atoms with E-state index >= 15 is 0 Å². The minimum Gasteiger partial charge on any atom is -0.352 e. The minimum absolute atomic E-state index is 0.204. The van der Waals surface area contributed by atoms with E-state index in [1.54, 1.807) is 0 Å². The van der Waals surface area contributed by atoms with E-state index in [4.69, 9.17) is 0 Å². The Labute approximate surface area is 110 Å². The summed E-state index contributed by atoms with van der Waals surface area (Å²) in [5, 5.41) is 6.50. The van der Waals surface area contributed by atoms with Crippen molar-refractivity contribution in [3.05, 3.63) is 0 Å². The Balaban J connectivity index is 1.68. The van der Waals surface area contributed by atoms with Crippen molar-refractivity contribution in [3.63, 3.8) is 0 Å².